The molecule has 1 N–H and O–H groups in total. The van der Waals surface area contributed by atoms with Gasteiger partial charge in [-0.25, -0.2) is 0 Å². The normalized spacial score (nSPS) is 17.1. The van der Waals surface area contributed by atoms with Crippen molar-refractivity contribution in [3.8, 4) is 0 Å². The van der Waals surface area contributed by atoms with E-state index in [1.165, 1.54) is 31.3 Å². The molecule has 1 unspecified atom stereocenters. The predicted octanol–water partition coefficient (Wildman–Crippen LogP) is 4.70. The lowest BCUT2D eigenvalue weighted by Crippen LogP contribution is -2.34. The lowest BCUT2D eigenvalue weighted by molar-refractivity contribution is -0.384. The maximum Gasteiger partial charge on any atom is 0.416 e. The minimum Gasteiger partial charge on any atom is -0.359 e. The molecule has 0 saturated carbocycles. The lowest BCUT2D eigenvalue weighted by Gasteiger charge is -2.37. The second kappa shape index (κ2) is 8.10. The zero-order valence-corrected chi connectivity index (χ0v) is 15.7. The molecule has 154 valence electrons. The molecule has 1 heterocycles. The van der Waals surface area contributed by atoms with Crippen LogP contribution in [-0.2, 0) is 6.18 Å². The second-order valence-electron chi connectivity index (χ2n) is 6.87. The summed E-state index contributed by atoms with van der Waals surface area (Å²) >= 11 is 0. The van der Waals surface area contributed by atoms with E-state index in [1.54, 1.807) is 11.0 Å². The molecular weight excluding hydrogens is 387 g/mol. The molecule has 0 aliphatic carbocycles. The standard InChI is InChI=1S/C20H20F3N3O3/c1-24-19(27)14-8-9-17(18(12-14)26(28)29)25-10-3-2-7-16(25)13-5-4-6-15(11-13)20(21,22)23/h4-6,8-9,11-12,16H,2-3,7,10H2,1H3,(H,24,27). The van der Waals surface area contributed by atoms with Gasteiger partial charge in [-0.15, -0.1) is 0 Å². The Labute approximate surface area is 165 Å². The number of carbonyl (C=O) groups is 1. The van der Waals surface area contributed by atoms with Gasteiger partial charge in [-0.2, -0.15) is 13.2 Å². The van der Waals surface area contributed by atoms with Crippen molar-refractivity contribution in [1.82, 2.24) is 5.32 Å². The summed E-state index contributed by atoms with van der Waals surface area (Å²) in [6, 6.07) is 8.84. The minimum absolute atomic E-state index is 0.149. The minimum atomic E-state index is -4.46. The molecule has 1 amide bonds. The first kappa shape index (κ1) is 20.6. The largest absolute Gasteiger partial charge is 0.416 e. The van der Waals surface area contributed by atoms with Crippen molar-refractivity contribution in [3.05, 3.63) is 69.3 Å². The van der Waals surface area contributed by atoms with Crippen LogP contribution in [0, 0.1) is 10.1 Å². The molecular formula is C20H20F3N3O3. The molecule has 1 aliphatic heterocycles. The van der Waals surface area contributed by atoms with Gasteiger partial charge < -0.3 is 10.2 Å². The van der Waals surface area contributed by atoms with E-state index in [2.05, 4.69) is 5.32 Å². The van der Waals surface area contributed by atoms with E-state index in [1.807, 2.05) is 0 Å². The Kier molecular flexibility index (Phi) is 5.76. The topological polar surface area (TPSA) is 75.5 Å². The number of nitrogens with zero attached hydrogens (tertiary/aromatic N) is 2. The molecule has 0 bridgehead atoms. The SMILES string of the molecule is CNC(=O)c1ccc(N2CCCCC2c2cccc(C(F)(F)F)c2)c([N+](=O)[O-])c1. The summed E-state index contributed by atoms with van der Waals surface area (Å²) in [5.74, 6) is -0.451. The van der Waals surface area contributed by atoms with Gasteiger partial charge in [0.15, 0.2) is 0 Å². The summed E-state index contributed by atoms with van der Waals surface area (Å²) in [5, 5.41) is 14.1. The molecule has 0 aromatic heterocycles. The number of alkyl halides is 3. The summed E-state index contributed by atoms with van der Waals surface area (Å²) in [5.41, 5.74) is -0.0838. The number of benzene rings is 2. The summed E-state index contributed by atoms with van der Waals surface area (Å²) in [7, 11) is 1.43. The summed E-state index contributed by atoms with van der Waals surface area (Å²) in [4.78, 5) is 24.7. The van der Waals surface area contributed by atoms with Crippen LogP contribution in [0.5, 0.6) is 0 Å². The van der Waals surface area contributed by atoms with E-state index < -0.39 is 28.6 Å². The Bertz CT molecular complexity index is 931. The van der Waals surface area contributed by atoms with Gasteiger partial charge in [0.05, 0.1) is 16.5 Å². The Morgan fingerprint density at radius 2 is 1.97 bits per heavy atom. The van der Waals surface area contributed by atoms with E-state index in [0.717, 1.165) is 25.0 Å². The van der Waals surface area contributed by atoms with Gasteiger partial charge in [-0.3, -0.25) is 14.9 Å². The third-order valence-electron chi connectivity index (χ3n) is 5.07. The van der Waals surface area contributed by atoms with Crippen molar-refractivity contribution in [2.45, 2.75) is 31.5 Å². The fourth-order valence-corrected chi connectivity index (χ4v) is 3.69. The van der Waals surface area contributed by atoms with Crippen LogP contribution < -0.4 is 10.2 Å². The summed E-state index contributed by atoms with van der Waals surface area (Å²) in [6.07, 6.45) is -2.31. The zero-order chi connectivity index (χ0) is 21.2. The molecule has 2 aromatic rings. The van der Waals surface area contributed by atoms with Gasteiger partial charge in [0.1, 0.15) is 5.69 Å². The molecule has 3 rings (SSSR count). The number of nitro benzene ring substituents is 1. The zero-order valence-electron chi connectivity index (χ0n) is 15.7. The van der Waals surface area contributed by atoms with Gasteiger partial charge >= 0.3 is 6.18 Å². The Morgan fingerprint density at radius 3 is 2.62 bits per heavy atom. The first-order valence-corrected chi connectivity index (χ1v) is 9.16. The summed E-state index contributed by atoms with van der Waals surface area (Å²) < 4.78 is 39.4. The lowest BCUT2D eigenvalue weighted by atomic mass is 9.93. The number of hydrogen-bond acceptors (Lipinski definition) is 4. The fraction of sp³-hybridized carbons (Fsp3) is 0.350. The van der Waals surface area contributed by atoms with Gasteiger partial charge in [0, 0.05) is 25.2 Å². The molecule has 29 heavy (non-hydrogen) atoms. The third-order valence-corrected chi connectivity index (χ3v) is 5.07. The molecule has 6 nitrogen and oxygen atoms in total. The predicted molar refractivity (Wildman–Crippen MR) is 102 cm³/mol. The Hall–Kier alpha value is -3.10. The monoisotopic (exact) mass is 407 g/mol. The van der Waals surface area contributed by atoms with Crippen molar-refractivity contribution < 1.29 is 22.9 Å². The number of amides is 1. The first-order valence-electron chi connectivity index (χ1n) is 9.16. The quantitative estimate of drug-likeness (QED) is 0.589. The molecule has 1 atom stereocenters. The van der Waals surface area contributed by atoms with Crippen LogP contribution in [-0.4, -0.2) is 24.4 Å². The van der Waals surface area contributed by atoms with Gasteiger partial charge in [-0.1, -0.05) is 12.1 Å². The molecule has 9 heteroatoms. The van der Waals surface area contributed by atoms with Gasteiger partial charge in [0.25, 0.3) is 11.6 Å². The van der Waals surface area contributed by atoms with E-state index in [4.69, 9.17) is 0 Å². The van der Waals surface area contributed by atoms with Crippen molar-refractivity contribution >= 4 is 17.3 Å². The molecule has 0 spiro atoms. The van der Waals surface area contributed by atoms with Crippen LogP contribution in [0.3, 0.4) is 0 Å². The van der Waals surface area contributed by atoms with Gasteiger partial charge in [-0.05, 0) is 49.1 Å². The average molecular weight is 407 g/mol. The average Bonchev–Trinajstić information content (AvgIpc) is 2.72. The maximum absolute atomic E-state index is 13.1. The molecule has 2 aromatic carbocycles. The number of hydrogen-bond donors (Lipinski definition) is 1. The molecule has 1 aliphatic rings. The number of anilines is 1. The van der Waals surface area contributed by atoms with E-state index >= 15 is 0 Å². The molecule has 1 saturated heterocycles. The number of piperidine rings is 1. The third kappa shape index (κ3) is 4.33. The van der Waals surface area contributed by atoms with Crippen LogP contribution in [0.4, 0.5) is 24.5 Å². The Morgan fingerprint density at radius 1 is 1.21 bits per heavy atom. The molecule has 1 fully saturated rings. The highest BCUT2D eigenvalue weighted by Crippen LogP contribution is 2.41. The van der Waals surface area contributed by atoms with E-state index in [9.17, 15) is 28.1 Å². The number of halogens is 3. The van der Waals surface area contributed by atoms with Crippen LogP contribution in [0.1, 0.15) is 46.8 Å². The van der Waals surface area contributed by atoms with Crippen molar-refractivity contribution in [1.29, 1.82) is 0 Å². The van der Waals surface area contributed by atoms with Crippen LogP contribution in [0.25, 0.3) is 0 Å². The molecule has 0 radical (unpaired) electrons. The van der Waals surface area contributed by atoms with Crippen LogP contribution in [0.15, 0.2) is 42.5 Å². The number of nitro groups is 1. The summed E-state index contributed by atoms with van der Waals surface area (Å²) in [6.45, 7) is 0.473. The van der Waals surface area contributed by atoms with E-state index in [-0.39, 0.29) is 11.3 Å². The van der Waals surface area contributed by atoms with Crippen LogP contribution >= 0.6 is 0 Å². The highest BCUT2D eigenvalue weighted by Gasteiger charge is 2.33. The maximum atomic E-state index is 13.1. The number of nitrogens with one attached hydrogen (secondary N) is 1. The first-order chi connectivity index (χ1) is 13.7. The Balaban J connectivity index is 2.05. The fourth-order valence-electron chi connectivity index (χ4n) is 3.69. The van der Waals surface area contributed by atoms with Crippen LogP contribution in [0.2, 0.25) is 0 Å². The smallest absolute Gasteiger partial charge is 0.359 e. The number of carbonyl (C=O) groups excluding carboxylic acids is 1. The highest BCUT2D eigenvalue weighted by atomic mass is 19.4. The van der Waals surface area contributed by atoms with E-state index in [0.29, 0.717) is 24.2 Å². The second-order valence-corrected chi connectivity index (χ2v) is 6.87. The van der Waals surface area contributed by atoms with Crippen molar-refractivity contribution in [2.75, 3.05) is 18.5 Å². The highest BCUT2D eigenvalue weighted by molar-refractivity contribution is 5.95. The van der Waals surface area contributed by atoms with Crippen molar-refractivity contribution in [3.63, 3.8) is 0 Å². The van der Waals surface area contributed by atoms with Crippen molar-refractivity contribution in [2.24, 2.45) is 0 Å². The number of rotatable bonds is 4. The van der Waals surface area contributed by atoms with Gasteiger partial charge in [0.2, 0.25) is 0 Å².